The zero-order chi connectivity index (χ0) is 17.1. The van der Waals surface area contributed by atoms with Gasteiger partial charge in [-0.15, -0.1) is 0 Å². The molecule has 0 bridgehead atoms. The minimum Gasteiger partial charge on any atom is -0.466 e. The Morgan fingerprint density at radius 3 is 2.92 bits per heavy atom. The maximum Gasteiger partial charge on any atom is 0.310 e. The van der Waals surface area contributed by atoms with Crippen molar-refractivity contribution >= 4 is 17.8 Å². The standard InChI is InChI=1S/C18H22N2O4/c1-2-24-18(23)13-7-5-9-20(11-13)17(22)15-10-12-6-3-4-8-14(12)16(21)19-15/h3-4,6,8,13,15H,2,5,7,9-11H2,1H3,(H,19,21). The minimum absolute atomic E-state index is 0.119. The van der Waals surface area contributed by atoms with E-state index in [2.05, 4.69) is 5.32 Å². The fraction of sp³-hybridized carbons (Fsp3) is 0.500. The van der Waals surface area contributed by atoms with Crippen molar-refractivity contribution in [2.75, 3.05) is 19.7 Å². The number of carbonyl (C=O) groups excluding carboxylic acids is 3. The van der Waals surface area contributed by atoms with E-state index in [0.29, 0.717) is 31.7 Å². The lowest BCUT2D eigenvalue weighted by atomic mass is 9.93. The first-order valence-electron chi connectivity index (χ1n) is 8.44. The zero-order valence-corrected chi connectivity index (χ0v) is 13.8. The van der Waals surface area contributed by atoms with Gasteiger partial charge in [0.05, 0.1) is 12.5 Å². The number of amides is 2. The molecule has 0 spiro atoms. The Bertz CT molecular complexity index is 658. The highest BCUT2D eigenvalue weighted by Gasteiger charge is 2.35. The number of hydrogen-bond donors (Lipinski definition) is 1. The Morgan fingerprint density at radius 1 is 1.33 bits per heavy atom. The molecule has 128 valence electrons. The van der Waals surface area contributed by atoms with E-state index >= 15 is 0 Å². The van der Waals surface area contributed by atoms with Crippen LogP contribution in [0.15, 0.2) is 24.3 Å². The third-order valence-electron chi connectivity index (χ3n) is 4.64. The fourth-order valence-corrected chi connectivity index (χ4v) is 3.43. The maximum absolute atomic E-state index is 12.8. The van der Waals surface area contributed by atoms with Gasteiger partial charge < -0.3 is 15.0 Å². The number of benzene rings is 1. The number of nitrogens with one attached hydrogen (secondary N) is 1. The van der Waals surface area contributed by atoms with Gasteiger partial charge in [-0.3, -0.25) is 14.4 Å². The molecule has 6 heteroatoms. The monoisotopic (exact) mass is 330 g/mol. The summed E-state index contributed by atoms with van der Waals surface area (Å²) in [4.78, 5) is 38.6. The number of nitrogens with zero attached hydrogens (tertiary/aromatic N) is 1. The number of esters is 1. The summed E-state index contributed by atoms with van der Waals surface area (Å²) >= 11 is 0. The lowest BCUT2D eigenvalue weighted by Crippen LogP contribution is -2.54. The highest BCUT2D eigenvalue weighted by molar-refractivity contribution is 6.00. The highest BCUT2D eigenvalue weighted by Crippen LogP contribution is 2.22. The summed E-state index contributed by atoms with van der Waals surface area (Å²) in [5.41, 5.74) is 1.52. The van der Waals surface area contributed by atoms with E-state index in [9.17, 15) is 14.4 Å². The van der Waals surface area contributed by atoms with E-state index in [1.165, 1.54) is 0 Å². The first-order valence-corrected chi connectivity index (χ1v) is 8.44. The summed E-state index contributed by atoms with van der Waals surface area (Å²) in [5.74, 6) is -0.844. The number of fused-ring (bicyclic) bond motifs is 1. The van der Waals surface area contributed by atoms with E-state index in [0.717, 1.165) is 18.4 Å². The van der Waals surface area contributed by atoms with Crippen LogP contribution in [0.2, 0.25) is 0 Å². The molecule has 1 saturated heterocycles. The van der Waals surface area contributed by atoms with Crippen LogP contribution in [0.1, 0.15) is 35.7 Å². The van der Waals surface area contributed by atoms with Crippen LogP contribution in [-0.2, 0) is 20.7 Å². The van der Waals surface area contributed by atoms with Crippen molar-refractivity contribution in [2.45, 2.75) is 32.2 Å². The molecule has 2 aliphatic heterocycles. The number of carbonyl (C=O) groups is 3. The van der Waals surface area contributed by atoms with Crippen LogP contribution in [0.4, 0.5) is 0 Å². The second-order valence-electron chi connectivity index (χ2n) is 6.26. The first kappa shape index (κ1) is 16.5. The molecular formula is C18H22N2O4. The van der Waals surface area contributed by atoms with E-state index in [-0.39, 0.29) is 23.7 Å². The molecule has 24 heavy (non-hydrogen) atoms. The topological polar surface area (TPSA) is 75.7 Å². The molecule has 1 fully saturated rings. The van der Waals surface area contributed by atoms with Crippen molar-refractivity contribution in [1.82, 2.24) is 10.2 Å². The van der Waals surface area contributed by atoms with E-state index in [1.807, 2.05) is 18.2 Å². The zero-order valence-electron chi connectivity index (χ0n) is 13.8. The number of likely N-dealkylation sites (tertiary alicyclic amines) is 1. The molecule has 2 amide bonds. The normalized spacial score (nSPS) is 23.2. The van der Waals surface area contributed by atoms with E-state index in [1.54, 1.807) is 17.9 Å². The molecule has 0 aliphatic carbocycles. The van der Waals surface area contributed by atoms with Crippen molar-refractivity contribution < 1.29 is 19.1 Å². The molecule has 3 rings (SSSR count). The van der Waals surface area contributed by atoms with Crippen LogP contribution in [-0.4, -0.2) is 48.4 Å². The molecule has 0 radical (unpaired) electrons. The molecule has 0 aromatic heterocycles. The Kier molecular flexibility index (Phi) is 4.83. The van der Waals surface area contributed by atoms with Crippen LogP contribution in [0.3, 0.4) is 0 Å². The molecular weight excluding hydrogens is 308 g/mol. The van der Waals surface area contributed by atoms with Gasteiger partial charge in [-0.2, -0.15) is 0 Å². The predicted molar refractivity (Wildman–Crippen MR) is 87.3 cm³/mol. The molecule has 2 heterocycles. The van der Waals surface area contributed by atoms with Crippen LogP contribution in [0.25, 0.3) is 0 Å². The second kappa shape index (κ2) is 7.03. The molecule has 2 unspecified atom stereocenters. The summed E-state index contributed by atoms with van der Waals surface area (Å²) in [7, 11) is 0. The molecule has 1 aromatic rings. The average Bonchev–Trinajstić information content (AvgIpc) is 2.61. The SMILES string of the molecule is CCOC(=O)C1CCCN(C(=O)C2Cc3ccccc3C(=O)N2)C1. The van der Waals surface area contributed by atoms with E-state index in [4.69, 9.17) is 4.74 Å². The lowest BCUT2D eigenvalue weighted by Gasteiger charge is -2.35. The number of ether oxygens (including phenoxy) is 1. The average molecular weight is 330 g/mol. The Hall–Kier alpha value is -2.37. The number of hydrogen-bond acceptors (Lipinski definition) is 4. The highest BCUT2D eigenvalue weighted by atomic mass is 16.5. The Morgan fingerprint density at radius 2 is 2.12 bits per heavy atom. The van der Waals surface area contributed by atoms with Crippen LogP contribution in [0, 0.1) is 5.92 Å². The largest absolute Gasteiger partial charge is 0.466 e. The van der Waals surface area contributed by atoms with Crippen LogP contribution >= 0.6 is 0 Å². The van der Waals surface area contributed by atoms with Gasteiger partial charge in [0.1, 0.15) is 6.04 Å². The molecule has 1 N–H and O–H groups in total. The van der Waals surface area contributed by atoms with Crippen LogP contribution in [0.5, 0.6) is 0 Å². The second-order valence-corrected chi connectivity index (χ2v) is 6.26. The van der Waals surface area contributed by atoms with Crippen molar-refractivity contribution in [3.63, 3.8) is 0 Å². The fourth-order valence-electron chi connectivity index (χ4n) is 3.43. The van der Waals surface area contributed by atoms with Gasteiger partial charge in [0.25, 0.3) is 5.91 Å². The summed E-state index contributed by atoms with van der Waals surface area (Å²) in [6, 6.07) is 6.77. The minimum atomic E-state index is -0.562. The summed E-state index contributed by atoms with van der Waals surface area (Å²) < 4.78 is 5.07. The van der Waals surface area contributed by atoms with Gasteiger partial charge in [-0.05, 0) is 31.4 Å². The van der Waals surface area contributed by atoms with Crippen LogP contribution < -0.4 is 5.32 Å². The molecule has 1 aromatic carbocycles. The quantitative estimate of drug-likeness (QED) is 0.844. The number of piperidine rings is 1. The van der Waals surface area contributed by atoms with Crippen molar-refractivity contribution in [3.8, 4) is 0 Å². The molecule has 6 nitrogen and oxygen atoms in total. The van der Waals surface area contributed by atoms with Crippen molar-refractivity contribution in [1.29, 1.82) is 0 Å². The van der Waals surface area contributed by atoms with Gasteiger partial charge in [0, 0.05) is 25.1 Å². The van der Waals surface area contributed by atoms with Crippen molar-refractivity contribution in [3.05, 3.63) is 35.4 Å². The molecule has 2 atom stereocenters. The third-order valence-corrected chi connectivity index (χ3v) is 4.64. The summed E-state index contributed by atoms with van der Waals surface area (Å²) in [6.07, 6.45) is 2.00. The molecule has 2 aliphatic rings. The maximum atomic E-state index is 12.8. The van der Waals surface area contributed by atoms with Gasteiger partial charge in [0.15, 0.2) is 0 Å². The lowest BCUT2D eigenvalue weighted by molar-refractivity contribution is -0.151. The smallest absolute Gasteiger partial charge is 0.310 e. The molecule has 0 saturated carbocycles. The first-order chi connectivity index (χ1) is 11.6. The third kappa shape index (κ3) is 3.27. The predicted octanol–water partition coefficient (Wildman–Crippen LogP) is 1.14. The van der Waals surface area contributed by atoms with Crippen molar-refractivity contribution in [2.24, 2.45) is 5.92 Å². The van der Waals surface area contributed by atoms with Gasteiger partial charge in [0.2, 0.25) is 5.91 Å². The van der Waals surface area contributed by atoms with E-state index < -0.39 is 6.04 Å². The van der Waals surface area contributed by atoms with Gasteiger partial charge >= 0.3 is 5.97 Å². The Labute approximate surface area is 141 Å². The van der Waals surface area contributed by atoms with Gasteiger partial charge in [-0.25, -0.2) is 0 Å². The summed E-state index contributed by atoms with van der Waals surface area (Å²) in [5, 5.41) is 2.79. The summed E-state index contributed by atoms with van der Waals surface area (Å²) in [6.45, 7) is 3.10. The van der Waals surface area contributed by atoms with Gasteiger partial charge in [-0.1, -0.05) is 18.2 Å². The number of rotatable bonds is 3. The Balaban J connectivity index is 1.68.